The Morgan fingerprint density at radius 2 is 1.77 bits per heavy atom. The molecule has 0 bridgehead atoms. The summed E-state index contributed by atoms with van der Waals surface area (Å²) in [5.41, 5.74) is -0.408. The third-order valence-electron chi connectivity index (χ3n) is 3.99. The van der Waals surface area contributed by atoms with E-state index in [9.17, 15) is 31.2 Å². The molecule has 0 heterocycles. The van der Waals surface area contributed by atoms with E-state index in [1.54, 1.807) is 0 Å². The van der Waals surface area contributed by atoms with Crippen LogP contribution in [-0.2, 0) is 21.0 Å². The van der Waals surface area contributed by atoms with Gasteiger partial charge in [0.15, 0.2) is 5.78 Å². The first kappa shape index (κ1) is 24.1. The minimum atomic E-state index is -4.47. The molecular formula is C21H19F3N2O4S. The van der Waals surface area contributed by atoms with E-state index in [4.69, 9.17) is 0 Å². The van der Waals surface area contributed by atoms with Gasteiger partial charge in [0, 0.05) is 24.1 Å². The molecule has 0 atom stereocenters. The maximum absolute atomic E-state index is 12.7. The number of ketones is 1. The van der Waals surface area contributed by atoms with Crippen LogP contribution >= 0.6 is 0 Å². The lowest BCUT2D eigenvalue weighted by atomic mass is 10.1. The Labute approximate surface area is 177 Å². The number of Topliss-reactive ketones (excluding diaryl/α,β-unsaturated/α-hetero) is 1. The molecule has 164 valence electrons. The number of rotatable bonds is 7. The number of sulfonamides is 1. The summed E-state index contributed by atoms with van der Waals surface area (Å²) in [7, 11) is -3.89. The predicted octanol–water partition coefficient (Wildman–Crippen LogP) is 2.74. The average Bonchev–Trinajstić information content (AvgIpc) is 2.71. The molecule has 0 aliphatic carbocycles. The van der Waals surface area contributed by atoms with E-state index < -0.39 is 27.7 Å². The molecule has 0 unspecified atom stereocenters. The molecule has 6 nitrogen and oxygen atoms in total. The van der Waals surface area contributed by atoms with E-state index in [0.717, 1.165) is 12.1 Å². The van der Waals surface area contributed by atoms with E-state index in [1.165, 1.54) is 43.3 Å². The number of benzene rings is 2. The Hall–Kier alpha value is -3.16. The average molecular weight is 452 g/mol. The number of hydrogen-bond acceptors (Lipinski definition) is 4. The lowest BCUT2D eigenvalue weighted by Crippen LogP contribution is -2.31. The highest BCUT2D eigenvalue weighted by atomic mass is 32.2. The Balaban J connectivity index is 1.83. The van der Waals surface area contributed by atoms with Gasteiger partial charge in [-0.25, -0.2) is 13.1 Å². The quantitative estimate of drug-likeness (QED) is 0.499. The Bertz CT molecular complexity index is 1130. The minimum absolute atomic E-state index is 0.0902. The van der Waals surface area contributed by atoms with Gasteiger partial charge in [-0.2, -0.15) is 13.2 Å². The predicted molar refractivity (Wildman–Crippen MR) is 108 cm³/mol. The summed E-state index contributed by atoms with van der Waals surface area (Å²) in [5, 5.41) is 2.43. The number of carbonyl (C=O) groups is 2. The summed E-state index contributed by atoms with van der Waals surface area (Å²) in [6, 6.07) is 10.0. The normalized spacial score (nSPS) is 11.4. The van der Waals surface area contributed by atoms with Crippen LogP contribution in [0.1, 0.15) is 34.8 Å². The van der Waals surface area contributed by atoms with E-state index in [0.29, 0.717) is 0 Å². The van der Waals surface area contributed by atoms with Gasteiger partial charge in [-0.3, -0.25) is 9.59 Å². The van der Waals surface area contributed by atoms with Gasteiger partial charge < -0.3 is 5.32 Å². The van der Waals surface area contributed by atoms with Crippen LogP contribution in [0.15, 0.2) is 53.4 Å². The Morgan fingerprint density at radius 3 is 2.45 bits per heavy atom. The number of hydrogen-bond donors (Lipinski definition) is 2. The molecule has 2 aromatic carbocycles. The number of amides is 1. The molecule has 2 rings (SSSR count). The van der Waals surface area contributed by atoms with E-state index in [-0.39, 0.29) is 41.3 Å². The summed E-state index contributed by atoms with van der Waals surface area (Å²) >= 11 is 0. The molecule has 0 spiro atoms. The molecule has 31 heavy (non-hydrogen) atoms. The first-order chi connectivity index (χ1) is 14.5. The Kier molecular flexibility index (Phi) is 7.96. The van der Waals surface area contributed by atoms with Crippen molar-refractivity contribution in [3.8, 4) is 11.8 Å². The van der Waals surface area contributed by atoms with Crippen LogP contribution in [0.25, 0.3) is 0 Å². The molecule has 10 heteroatoms. The molecule has 0 saturated heterocycles. The van der Waals surface area contributed by atoms with E-state index in [2.05, 4.69) is 21.9 Å². The zero-order valence-corrected chi connectivity index (χ0v) is 17.2. The van der Waals surface area contributed by atoms with Gasteiger partial charge >= 0.3 is 6.18 Å². The van der Waals surface area contributed by atoms with Gasteiger partial charge in [0.2, 0.25) is 15.9 Å². The van der Waals surface area contributed by atoms with Crippen molar-refractivity contribution >= 4 is 21.7 Å². The third kappa shape index (κ3) is 7.55. The third-order valence-corrected chi connectivity index (χ3v) is 5.45. The van der Waals surface area contributed by atoms with E-state index in [1.807, 2.05) is 0 Å². The van der Waals surface area contributed by atoms with Gasteiger partial charge in [-0.05, 0) is 37.3 Å². The smallest absolute Gasteiger partial charge is 0.345 e. The highest BCUT2D eigenvalue weighted by Gasteiger charge is 2.30. The number of alkyl halides is 3. The molecule has 0 aliphatic rings. The minimum Gasteiger partial charge on any atom is -0.345 e. The van der Waals surface area contributed by atoms with Crippen LogP contribution in [-0.4, -0.2) is 33.2 Å². The van der Waals surface area contributed by atoms with Crippen LogP contribution in [0, 0.1) is 11.8 Å². The lowest BCUT2D eigenvalue weighted by Gasteiger charge is -2.07. The van der Waals surface area contributed by atoms with Crippen molar-refractivity contribution in [2.24, 2.45) is 0 Å². The van der Waals surface area contributed by atoms with Crippen LogP contribution in [0.5, 0.6) is 0 Å². The first-order valence-corrected chi connectivity index (χ1v) is 10.5. The molecule has 0 fully saturated rings. The summed E-state index contributed by atoms with van der Waals surface area (Å²) < 4.78 is 64.7. The summed E-state index contributed by atoms with van der Waals surface area (Å²) in [5.74, 6) is 4.30. The second-order valence-corrected chi connectivity index (χ2v) is 8.16. The van der Waals surface area contributed by atoms with Crippen molar-refractivity contribution in [3.63, 3.8) is 0 Å². The lowest BCUT2D eigenvalue weighted by molar-refractivity contribution is -0.137. The highest BCUT2D eigenvalue weighted by Crippen LogP contribution is 2.29. The van der Waals surface area contributed by atoms with Crippen LogP contribution < -0.4 is 10.0 Å². The zero-order chi connectivity index (χ0) is 23.1. The molecule has 0 aromatic heterocycles. The molecule has 2 N–H and O–H groups in total. The summed E-state index contributed by atoms with van der Waals surface area (Å²) in [4.78, 5) is 23.1. The van der Waals surface area contributed by atoms with Crippen LogP contribution in [0.2, 0.25) is 0 Å². The zero-order valence-electron chi connectivity index (χ0n) is 16.4. The second-order valence-electron chi connectivity index (χ2n) is 6.39. The summed E-state index contributed by atoms with van der Waals surface area (Å²) in [6.45, 7) is 1.03. The van der Waals surface area contributed by atoms with Crippen molar-refractivity contribution in [2.45, 2.75) is 24.4 Å². The number of halogens is 3. The second kappa shape index (κ2) is 10.2. The molecule has 0 saturated carbocycles. The topological polar surface area (TPSA) is 92.3 Å². The molecular weight excluding hydrogens is 433 g/mol. The summed E-state index contributed by atoms with van der Waals surface area (Å²) in [6.07, 6.45) is -4.64. The van der Waals surface area contributed by atoms with Crippen molar-refractivity contribution in [3.05, 3.63) is 65.2 Å². The highest BCUT2D eigenvalue weighted by molar-refractivity contribution is 7.89. The molecule has 0 radical (unpaired) electrons. The van der Waals surface area contributed by atoms with Gasteiger partial charge in [-0.15, -0.1) is 0 Å². The molecule has 2 aromatic rings. The van der Waals surface area contributed by atoms with Crippen molar-refractivity contribution in [1.29, 1.82) is 0 Å². The van der Waals surface area contributed by atoms with Crippen LogP contribution in [0.4, 0.5) is 13.2 Å². The van der Waals surface area contributed by atoms with Gasteiger partial charge in [0.1, 0.15) is 0 Å². The van der Waals surface area contributed by atoms with Gasteiger partial charge in [0.05, 0.1) is 17.0 Å². The van der Waals surface area contributed by atoms with Gasteiger partial charge in [0.25, 0.3) is 0 Å². The fourth-order valence-electron chi connectivity index (χ4n) is 2.42. The maximum Gasteiger partial charge on any atom is 0.416 e. The maximum atomic E-state index is 12.7. The number of nitrogens with one attached hydrogen (secondary N) is 2. The standard InChI is InChI=1S/C21H19F3N2O4S/c1-15(27)17-7-3-9-19(14-17)31(29,30)26-12-10-20(28)25-11-4-6-16-5-2-8-18(13-16)21(22,23)24/h2-3,5,7-9,13-14,26H,10-12H2,1H3,(H,25,28). The van der Waals surface area contributed by atoms with Crippen molar-refractivity contribution in [1.82, 2.24) is 10.0 Å². The van der Waals surface area contributed by atoms with Crippen LogP contribution in [0.3, 0.4) is 0 Å². The largest absolute Gasteiger partial charge is 0.416 e. The first-order valence-electron chi connectivity index (χ1n) is 9.02. The SMILES string of the molecule is CC(=O)c1cccc(S(=O)(=O)NCCC(=O)NCC#Cc2cccc(C(F)(F)F)c2)c1. The van der Waals surface area contributed by atoms with Crippen molar-refractivity contribution < 1.29 is 31.2 Å². The molecule has 1 amide bonds. The fourth-order valence-corrected chi connectivity index (χ4v) is 3.49. The van der Waals surface area contributed by atoms with Crippen molar-refractivity contribution in [2.75, 3.05) is 13.1 Å². The fraction of sp³-hybridized carbons (Fsp3) is 0.238. The van der Waals surface area contributed by atoms with E-state index >= 15 is 0 Å². The number of carbonyl (C=O) groups excluding carboxylic acids is 2. The Morgan fingerprint density at radius 1 is 1.06 bits per heavy atom. The molecule has 0 aliphatic heterocycles. The van der Waals surface area contributed by atoms with Gasteiger partial charge in [-0.1, -0.05) is 30.0 Å². The monoisotopic (exact) mass is 452 g/mol.